The van der Waals surface area contributed by atoms with Gasteiger partial charge in [0.15, 0.2) is 0 Å². The van der Waals surface area contributed by atoms with Crippen LogP contribution >= 0.6 is 0 Å². The molecule has 0 aliphatic heterocycles. The molecule has 0 rings (SSSR count). The molecule has 0 saturated heterocycles. The first-order chi connectivity index (χ1) is 9.78. The van der Waals surface area contributed by atoms with E-state index in [9.17, 15) is 4.79 Å². The van der Waals surface area contributed by atoms with E-state index >= 15 is 0 Å². The summed E-state index contributed by atoms with van der Waals surface area (Å²) in [7, 11) is 0. The second-order valence-electron chi connectivity index (χ2n) is 6.45. The van der Waals surface area contributed by atoms with Crippen molar-refractivity contribution in [2.75, 3.05) is 19.8 Å². The Bertz CT molecular complexity index is 277. The number of alkyl carbamates (subject to hydrolysis) is 1. The standard InChI is InChI=1S/C16H34N2O3/c1-7-9-10-14(18-13(3)12-20-8-2)11-17-15(19)21-16(4,5)6/h13-14,18H,7-12H2,1-6H3,(H,17,19). The number of hydrogen-bond acceptors (Lipinski definition) is 4. The minimum atomic E-state index is -0.460. The summed E-state index contributed by atoms with van der Waals surface area (Å²) in [4.78, 5) is 11.7. The normalized spacial score (nSPS) is 14.6. The summed E-state index contributed by atoms with van der Waals surface area (Å²) in [5, 5.41) is 6.35. The number of rotatable bonds is 10. The van der Waals surface area contributed by atoms with Gasteiger partial charge >= 0.3 is 6.09 Å². The van der Waals surface area contributed by atoms with Gasteiger partial charge < -0.3 is 20.1 Å². The maximum Gasteiger partial charge on any atom is 0.407 e. The molecule has 126 valence electrons. The molecule has 0 aliphatic rings. The maximum atomic E-state index is 11.7. The van der Waals surface area contributed by atoms with Gasteiger partial charge in [0.05, 0.1) is 6.61 Å². The Morgan fingerprint density at radius 3 is 2.43 bits per heavy atom. The van der Waals surface area contributed by atoms with Crippen molar-refractivity contribution in [3.8, 4) is 0 Å². The zero-order chi connectivity index (χ0) is 16.3. The van der Waals surface area contributed by atoms with Crippen molar-refractivity contribution in [2.45, 2.75) is 78.5 Å². The molecule has 0 aromatic heterocycles. The van der Waals surface area contributed by atoms with Crippen molar-refractivity contribution >= 4 is 6.09 Å². The fourth-order valence-corrected chi connectivity index (χ4v) is 1.96. The molecule has 5 heteroatoms. The molecule has 2 N–H and O–H groups in total. The van der Waals surface area contributed by atoms with Crippen LogP contribution in [0.2, 0.25) is 0 Å². The fourth-order valence-electron chi connectivity index (χ4n) is 1.96. The van der Waals surface area contributed by atoms with E-state index in [0.717, 1.165) is 25.9 Å². The Labute approximate surface area is 130 Å². The summed E-state index contributed by atoms with van der Waals surface area (Å²) in [6, 6.07) is 0.514. The van der Waals surface area contributed by atoms with Crippen molar-refractivity contribution < 1.29 is 14.3 Å². The maximum absolute atomic E-state index is 11.7. The predicted octanol–water partition coefficient (Wildman–Crippen LogP) is 3.08. The third-order valence-electron chi connectivity index (χ3n) is 2.89. The van der Waals surface area contributed by atoms with Crippen molar-refractivity contribution in [1.82, 2.24) is 10.6 Å². The van der Waals surface area contributed by atoms with E-state index in [1.807, 2.05) is 27.7 Å². The lowest BCUT2D eigenvalue weighted by molar-refractivity contribution is 0.0519. The summed E-state index contributed by atoms with van der Waals surface area (Å²) >= 11 is 0. The van der Waals surface area contributed by atoms with Gasteiger partial charge in [-0.25, -0.2) is 4.79 Å². The van der Waals surface area contributed by atoms with Gasteiger partial charge in [-0.1, -0.05) is 19.8 Å². The first-order valence-electron chi connectivity index (χ1n) is 8.09. The Morgan fingerprint density at radius 1 is 1.24 bits per heavy atom. The van der Waals surface area contributed by atoms with Gasteiger partial charge in [0.25, 0.3) is 0 Å². The minimum absolute atomic E-state index is 0.243. The van der Waals surface area contributed by atoms with Gasteiger partial charge in [-0.3, -0.25) is 0 Å². The summed E-state index contributed by atoms with van der Waals surface area (Å²) < 4.78 is 10.7. The zero-order valence-electron chi connectivity index (χ0n) is 14.6. The number of hydrogen-bond donors (Lipinski definition) is 2. The first-order valence-corrected chi connectivity index (χ1v) is 8.09. The molecule has 0 spiro atoms. The van der Waals surface area contributed by atoms with Crippen LogP contribution in [0.5, 0.6) is 0 Å². The molecule has 0 bridgehead atoms. The third-order valence-corrected chi connectivity index (χ3v) is 2.89. The van der Waals surface area contributed by atoms with Crippen LogP contribution in [-0.4, -0.2) is 43.5 Å². The largest absolute Gasteiger partial charge is 0.444 e. The van der Waals surface area contributed by atoms with Crippen molar-refractivity contribution in [3.63, 3.8) is 0 Å². The highest BCUT2D eigenvalue weighted by molar-refractivity contribution is 5.67. The van der Waals surface area contributed by atoms with Gasteiger partial charge in [0.2, 0.25) is 0 Å². The van der Waals surface area contributed by atoms with E-state index in [4.69, 9.17) is 9.47 Å². The van der Waals surface area contributed by atoms with Crippen LogP contribution in [-0.2, 0) is 9.47 Å². The van der Waals surface area contributed by atoms with Gasteiger partial charge in [-0.15, -0.1) is 0 Å². The lowest BCUT2D eigenvalue weighted by atomic mass is 10.1. The SMILES string of the molecule is CCCCC(CNC(=O)OC(C)(C)C)NC(C)COCC. The molecular formula is C16H34N2O3. The molecule has 0 aromatic carbocycles. The predicted molar refractivity (Wildman–Crippen MR) is 86.6 cm³/mol. The van der Waals surface area contributed by atoms with Crippen LogP contribution in [0.15, 0.2) is 0 Å². The number of amides is 1. The Balaban J connectivity index is 4.19. The Kier molecular flexibility index (Phi) is 10.4. The number of nitrogens with one attached hydrogen (secondary N) is 2. The number of carbonyl (C=O) groups excluding carboxylic acids is 1. The summed E-state index contributed by atoms with van der Waals surface area (Å²) in [5.41, 5.74) is -0.460. The Morgan fingerprint density at radius 2 is 1.90 bits per heavy atom. The van der Waals surface area contributed by atoms with Crippen molar-refractivity contribution in [3.05, 3.63) is 0 Å². The molecule has 0 aliphatic carbocycles. The van der Waals surface area contributed by atoms with E-state index in [2.05, 4.69) is 24.5 Å². The third kappa shape index (κ3) is 12.6. The fraction of sp³-hybridized carbons (Fsp3) is 0.938. The molecule has 2 atom stereocenters. The molecular weight excluding hydrogens is 268 g/mol. The first kappa shape index (κ1) is 20.2. The van der Waals surface area contributed by atoms with E-state index in [-0.39, 0.29) is 18.2 Å². The molecule has 0 saturated carbocycles. The molecule has 1 amide bonds. The van der Waals surface area contributed by atoms with Crippen LogP contribution in [0, 0.1) is 0 Å². The van der Waals surface area contributed by atoms with E-state index < -0.39 is 5.60 Å². The summed E-state index contributed by atoms with van der Waals surface area (Å²) in [5.74, 6) is 0. The van der Waals surface area contributed by atoms with Crippen LogP contribution in [0.4, 0.5) is 4.79 Å². The Hall–Kier alpha value is -0.810. The van der Waals surface area contributed by atoms with Gasteiger partial charge in [-0.05, 0) is 41.0 Å². The minimum Gasteiger partial charge on any atom is -0.444 e. The highest BCUT2D eigenvalue weighted by Gasteiger charge is 2.18. The van der Waals surface area contributed by atoms with Gasteiger partial charge in [0.1, 0.15) is 5.60 Å². The van der Waals surface area contributed by atoms with E-state index in [1.165, 1.54) is 0 Å². The number of carbonyl (C=O) groups is 1. The van der Waals surface area contributed by atoms with Crippen LogP contribution in [0.25, 0.3) is 0 Å². The van der Waals surface area contributed by atoms with Crippen LogP contribution in [0.1, 0.15) is 60.8 Å². The topological polar surface area (TPSA) is 59.6 Å². The van der Waals surface area contributed by atoms with Crippen molar-refractivity contribution in [1.29, 1.82) is 0 Å². The smallest absolute Gasteiger partial charge is 0.407 e. The van der Waals surface area contributed by atoms with E-state index in [1.54, 1.807) is 0 Å². The van der Waals surface area contributed by atoms with Crippen LogP contribution < -0.4 is 10.6 Å². The highest BCUT2D eigenvalue weighted by atomic mass is 16.6. The highest BCUT2D eigenvalue weighted by Crippen LogP contribution is 2.07. The quantitative estimate of drug-likeness (QED) is 0.651. The monoisotopic (exact) mass is 302 g/mol. The average Bonchev–Trinajstić information content (AvgIpc) is 2.37. The molecule has 0 fully saturated rings. The van der Waals surface area contributed by atoms with Crippen LogP contribution in [0.3, 0.4) is 0 Å². The molecule has 2 unspecified atom stereocenters. The molecule has 0 radical (unpaired) electrons. The van der Waals surface area contributed by atoms with Gasteiger partial charge in [-0.2, -0.15) is 0 Å². The lowest BCUT2D eigenvalue weighted by Crippen LogP contribution is -2.47. The molecule has 0 aromatic rings. The zero-order valence-corrected chi connectivity index (χ0v) is 14.6. The summed E-state index contributed by atoms with van der Waals surface area (Å²) in [6.45, 7) is 13.8. The average molecular weight is 302 g/mol. The van der Waals surface area contributed by atoms with Crippen molar-refractivity contribution in [2.24, 2.45) is 0 Å². The second-order valence-corrected chi connectivity index (χ2v) is 6.45. The second kappa shape index (κ2) is 10.9. The van der Waals surface area contributed by atoms with E-state index in [0.29, 0.717) is 13.2 Å². The summed E-state index contributed by atoms with van der Waals surface area (Å²) in [6.07, 6.45) is 2.95. The number of ether oxygens (including phenoxy) is 2. The number of unbranched alkanes of at least 4 members (excludes halogenated alkanes) is 1. The molecule has 21 heavy (non-hydrogen) atoms. The lowest BCUT2D eigenvalue weighted by Gasteiger charge is -2.25. The molecule has 0 heterocycles. The van der Waals surface area contributed by atoms with Gasteiger partial charge in [0, 0.05) is 25.2 Å². The molecule has 5 nitrogen and oxygen atoms in total.